The van der Waals surface area contributed by atoms with Gasteiger partial charge in [0.05, 0.1) is 17.9 Å². The standard InChI is InChI=1S/C15H12N4OS/c1-2-6-18-15(20)13-12(5-9-21-13)19-11-4-8-17-14-10(11)3-7-16-14/h1,3-5,7-9H,6H2,(H,18,20)(H2,16,17,19). The number of nitrogens with one attached hydrogen (secondary N) is 3. The molecule has 104 valence electrons. The number of hydrogen-bond acceptors (Lipinski definition) is 4. The van der Waals surface area contributed by atoms with E-state index < -0.39 is 0 Å². The monoisotopic (exact) mass is 296 g/mol. The number of fused-ring (bicyclic) bond motifs is 1. The summed E-state index contributed by atoms with van der Waals surface area (Å²) in [6.45, 7) is 0.216. The van der Waals surface area contributed by atoms with Gasteiger partial charge in [0.25, 0.3) is 5.91 Å². The number of pyridine rings is 1. The van der Waals surface area contributed by atoms with E-state index in [0.717, 1.165) is 22.4 Å². The Morgan fingerprint density at radius 3 is 3.14 bits per heavy atom. The van der Waals surface area contributed by atoms with Crippen molar-refractivity contribution in [1.29, 1.82) is 0 Å². The second-order valence-corrected chi connectivity index (χ2v) is 5.19. The van der Waals surface area contributed by atoms with Gasteiger partial charge >= 0.3 is 0 Å². The van der Waals surface area contributed by atoms with Gasteiger partial charge in [0.1, 0.15) is 10.5 Å². The molecule has 6 heteroatoms. The zero-order valence-electron chi connectivity index (χ0n) is 11.0. The number of aromatic nitrogens is 2. The quantitative estimate of drug-likeness (QED) is 0.648. The summed E-state index contributed by atoms with van der Waals surface area (Å²) in [6, 6.07) is 5.68. The Kier molecular flexibility index (Phi) is 3.58. The molecule has 1 amide bonds. The molecule has 0 aliphatic rings. The Hall–Kier alpha value is -2.78. The van der Waals surface area contributed by atoms with E-state index in [0.29, 0.717) is 4.88 Å². The number of aromatic amines is 1. The van der Waals surface area contributed by atoms with Gasteiger partial charge in [-0.25, -0.2) is 4.98 Å². The molecule has 0 unspecified atom stereocenters. The predicted octanol–water partition coefficient (Wildman–Crippen LogP) is 2.73. The number of terminal acetylenes is 1. The molecule has 3 aromatic heterocycles. The van der Waals surface area contributed by atoms with Crippen LogP contribution in [-0.4, -0.2) is 22.4 Å². The molecule has 0 fully saturated rings. The number of carbonyl (C=O) groups is 1. The van der Waals surface area contributed by atoms with E-state index in [4.69, 9.17) is 6.42 Å². The lowest BCUT2D eigenvalue weighted by atomic mass is 10.2. The second-order valence-electron chi connectivity index (χ2n) is 4.27. The van der Waals surface area contributed by atoms with E-state index in [9.17, 15) is 4.79 Å². The Labute approximate surface area is 125 Å². The summed E-state index contributed by atoms with van der Waals surface area (Å²) in [5.41, 5.74) is 2.45. The second kappa shape index (κ2) is 5.69. The fourth-order valence-electron chi connectivity index (χ4n) is 2.01. The largest absolute Gasteiger partial charge is 0.354 e. The first-order valence-electron chi connectivity index (χ1n) is 6.28. The van der Waals surface area contributed by atoms with Crippen molar-refractivity contribution in [2.45, 2.75) is 0 Å². The maximum atomic E-state index is 12.0. The Morgan fingerprint density at radius 1 is 1.38 bits per heavy atom. The van der Waals surface area contributed by atoms with Crippen LogP contribution < -0.4 is 10.6 Å². The van der Waals surface area contributed by atoms with Crippen LogP contribution in [0.1, 0.15) is 9.67 Å². The highest BCUT2D eigenvalue weighted by molar-refractivity contribution is 7.12. The first-order chi connectivity index (χ1) is 10.3. The highest BCUT2D eigenvalue weighted by Gasteiger charge is 2.13. The smallest absolute Gasteiger partial charge is 0.264 e. The lowest BCUT2D eigenvalue weighted by Gasteiger charge is -2.08. The third-order valence-corrected chi connectivity index (χ3v) is 3.87. The van der Waals surface area contributed by atoms with E-state index in [1.807, 2.05) is 29.8 Å². The molecular weight excluding hydrogens is 284 g/mol. The number of nitrogens with zero attached hydrogens (tertiary/aromatic N) is 1. The summed E-state index contributed by atoms with van der Waals surface area (Å²) in [6.07, 6.45) is 8.70. The average Bonchev–Trinajstić information content (AvgIpc) is 3.14. The van der Waals surface area contributed by atoms with Crippen molar-refractivity contribution in [2.75, 3.05) is 11.9 Å². The zero-order chi connectivity index (χ0) is 14.7. The molecule has 3 aromatic rings. The van der Waals surface area contributed by atoms with Crippen molar-refractivity contribution in [3.8, 4) is 12.3 Å². The number of thiophene rings is 1. The molecule has 21 heavy (non-hydrogen) atoms. The minimum Gasteiger partial charge on any atom is -0.354 e. The highest BCUT2D eigenvalue weighted by atomic mass is 32.1. The molecule has 0 saturated carbocycles. The molecular formula is C15H12N4OS. The first kappa shape index (κ1) is 13.2. The minimum atomic E-state index is -0.176. The molecule has 0 aromatic carbocycles. The summed E-state index contributed by atoms with van der Waals surface area (Å²) >= 11 is 1.37. The van der Waals surface area contributed by atoms with Crippen molar-refractivity contribution in [3.05, 3.63) is 40.8 Å². The highest BCUT2D eigenvalue weighted by Crippen LogP contribution is 2.29. The Morgan fingerprint density at radius 2 is 2.29 bits per heavy atom. The van der Waals surface area contributed by atoms with Crippen LogP contribution in [0.2, 0.25) is 0 Å². The molecule has 0 spiro atoms. The van der Waals surface area contributed by atoms with Gasteiger partial charge in [-0.2, -0.15) is 0 Å². The van der Waals surface area contributed by atoms with E-state index in [1.165, 1.54) is 11.3 Å². The van der Waals surface area contributed by atoms with Crippen LogP contribution in [0.5, 0.6) is 0 Å². The molecule has 0 radical (unpaired) electrons. The third-order valence-electron chi connectivity index (χ3n) is 2.95. The van der Waals surface area contributed by atoms with Crippen LogP contribution in [0.15, 0.2) is 36.0 Å². The maximum absolute atomic E-state index is 12.0. The van der Waals surface area contributed by atoms with Crippen LogP contribution in [0.3, 0.4) is 0 Å². The van der Waals surface area contributed by atoms with Crippen LogP contribution in [-0.2, 0) is 0 Å². The molecule has 0 bridgehead atoms. The normalized spacial score (nSPS) is 10.2. The van der Waals surface area contributed by atoms with Gasteiger partial charge < -0.3 is 15.6 Å². The molecule has 0 atom stereocenters. The zero-order valence-corrected chi connectivity index (χ0v) is 11.8. The van der Waals surface area contributed by atoms with Crippen molar-refractivity contribution in [2.24, 2.45) is 0 Å². The van der Waals surface area contributed by atoms with E-state index in [2.05, 4.69) is 26.5 Å². The maximum Gasteiger partial charge on any atom is 0.264 e. The summed E-state index contributed by atoms with van der Waals surface area (Å²) in [7, 11) is 0. The predicted molar refractivity (Wildman–Crippen MR) is 84.9 cm³/mol. The molecule has 0 aliphatic heterocycles. The average molecular weight is 296 g/mol. The van der Waals surface area contributed by atoms with Gasteiger partial charge in [0, 0.05) is 17.8 Å². The molecule has 3 rings (SSSR count). The van der Waals surface area contributed by atoms with Crippen LogP contribution in [0.4, 0.5) is 11.4 Å². The molecule has 3 heterocycles. The molecule has 5 nitrogen and oxygen atoms in total. The first-order valence-corrected chi connectivity index (χ1v) is 7.16. The Balaban J connectivity index is 1.89. The minimum absolute atomic E-state index is 0.176. The number of hydrogen-bond donors (Lipinski definition) is 3. The van der Waals surface area contributed by atoms with Crippen LogP contribution in [0, 0.1) is 12.3 Å². The molecule has 3 N–H and O–H groups in total. The Bertz CT molecular complexity index is 827. The fraction of sp³-hybridized carbons (Fsp3) is 0.0667. The third kappa shape index (κ3) is 2.59. The summed E-state index contributed by atoms with van der Waals surface area (Å²) in [5.74, 6) is 2.21. The topological polar surface area (TPSA) is 69.8 Å². The molecule has 0 aliphatic carbocycles. The SMILES string of the molecule is C#CCNC(=O)c1sccc1Nc1ccnc2[nH]ccc12. The van der Waals surface area contributed by atoms with Crippen molar-refractivity contribution in [3.63, 3.8) is 0 Å². The van der Waals surface area contributed by atoms with Gasteiger partial charge in [0.2, 0.25) is 0 Å². The molecule has 0 saturated heterocycles. The lowest BCUT2D eigenvalue weighted by Crippen LogP contribution is -2.23. The van der Waals surface area contributed by atoms with E-state index in [-0.39, 0.29) is 12.5 Å². The van der Waals surface area contributed by atoms with Crippen LogP contribution in [0.25, 0.3) is 11.0 Å². The van der Waals surface area contributed by atoms with E-state index >= 15 is 0 Å². The van der Waals surface area contributed by atoms with Gasteiger partial charge in [-0.1, -0.05) is 5.92 Å². The van der Waals surface area contributed by atoms with Crippen LogP contribution >= 0.6 is 11.3 Å². The lowest BCUT2D eigenvalue weighted by molar-refractivity contribution is 0.0963. The van der Waals surface area contributed by atoms with Gasteiger partial charge in [-0.15, -0.1) is 17.8 Å². The van der Waals surface area contributed by atoms with Crippen molar-refractivity contribution < 1.29 is 4.79 Å². The van der Waals surface area contributed by atoms with Crippen molar-refractivity contribution in [1.82, 2.24) is 15.3 Å². The summed E-state index contributed by atoms with van der Waals surface area (Å²) in [5, 5.41) is 8.78. The number of H-pyrrole nitrogens is 1. The number of rotatable bonds is 4. The van der Waals surface area contributed by atoms with Gasteiger partial charge in [-0.05, 0) is 23.6 Å². The summed E-state index contributed by atoms with van der Waals surface area (Å²) < 4.78 is 0. The number of anilines is 2. The van der Waals surface area contributed by atoms with Gasteiger partial charge in [-0.3, -0.25) is 4.79 Å². The summed E-state index contributed by atoms with van der Waals surface area (Å²) in [4.78, 5) is 19.9. The number of amides is 1. The van der Waals surface area contributed by atoms with Gasteiger partial charge in [0.15, 0.2) is 0 Å². The van der Waals surface area contributed by atoms with E-state index in [1.54, 1.807) is 6.20 Å². The fourth-order valence-corrected chi connectivity index (χ4v) is 2.78. The number of carbonyl (C=O) groups excluding carboxylic acids is 1. The van der Waals surface area contributed by atoms with Crippen molar-refractivity contribution >= 4 is 39.7 Å².